The molecular weight excluding hydrogens is 479 g/mol. The first kappa shape index (κ1) is 24.2. The number of nitrogens with zero attached hydrogens (tertiary/aromatic N) is 2. The molecular formula is C28H27FN2O4S. The molecule has 0 bridgehead atoms. The first-order valence-corrected chi connectivity index (χ1v) is 13.5. The van der Waals surface area contributed by atoms with Gasteiger partial charge in [-0.15, -0.1) is 0 Å². The molecule has 8 heteroatoms. The van der Waals surface area contributed by atoms with Crippen LogP contribution in [-0.2, 0) is 16.4 Å². The van der Waals surface area contributed by atoms with Gasteiger partial charge in [0.1, 0.15) is 5.82 Å². The smallest absolute Gasteiger partial charge is 0.259 e. The van der Waals surface area contributed by atoms with E-state index in [1.54, 1.807) is 35.2 Å². The van der Waals surface area contributed by atoms with Gasteiger partial charge in [0, 0.05) is 24.2 Å². The highest BCUT2D eigenvalue weighted by Crippen LogP contribution is 2.38. The fourth-order valence-corrected chi connectivity index (χ4v) is 6.94. The number of sulfone groups is 1. The zero-order valence-corrected chi connectivity index (χ0v) is 21.0. The van der Waals surface area contributed by atoms with E-state index in [-0.39, 0.29) is 39.1 Å². The zero-order chi connectivity index (χ0) is 25.6. The molecule has 5 rings (SSSR count). The number of hydrogen-bond acceptors (Lipinski definition) is 4. The van der Waals surface area contributed by atoms with Gasteiger partial charge < -0.3 is 9.80 Å². The van der Waals surface area contributed by atoms with Crippen molar-refractivity contribution < 1.29 is 22.4 Å². The van der Waals surface area contributed by atoms with E-state index in [0.29, 0.717) is 30.5 Å². The summed E-state index contributed by atoms with van der Waals surface area (Å²) in [6, 6.07) is 16.4. The highest BCUT2D eigenvalue weighted by Gasteiger charge is 2.37. The molecule has 3 aromatic carbocycles. The summed E-state index contributed by atoms with van der Waals surface area (Å²) in [6.45, 7) is 5.25. The van der Waals surface area contributed by atoms with Crippen LogP contribution in [0.3, 0.4) is 0 Å². The van der Waals surface area contributed by atoms with E-state index in [1.807, 2.05) is 0 Å². The maximum absolute atomic E-state index is 14.6. The maximum atomic E-state index is 14.6. The number of carbonyl (C=O) groups is 2. The van der Waals surface area contributed by atoms with Gasteiger partial charge in [-0.3, -0.25) is 9.59 Å². The molecule has 0 N–H and O–H groups in total. The van der Waals surface area contributed by atoms with Crippen LogP contribution in [0.1, 0.15) is 46.5 Å². The highest BCUT2D eigenvalue weighted by molar-refractivity contribution is 7.91. The van der Waals surface area contributed by atoms with E-state index < -0.39 is 21.6 Å². The number of benzene rings is 3. The summed E-state index contributed by atoms with van der Waals surface area (Å²) in [5, 5.41) is 0. The number of likely N-dealkylation sites (tertiary alicyclic amines) is 1. The van der Waals surface area contributed by atoms with Crippen molar-refractivity contribution in [3.8, 4) is 0 Å². The number of fused-ring (bicyclic) bond motifs is 2. The summed E-state index contributed by atoms with van der Waals surface area (Å²) in [7, 11) is -4.07. The van der Waals surface area contributed by atoms with Crippen LogP contribution in [-0.4, -0.2) is 38.2 Å². The molecule has 0 saturated carbocycles. The molecule has 1 saturated heterocycles. The van der Waals surface area contributed by atoms with Crippen molar-refractivity contribution in [2.75, 3.05) is 18.0 Å². The Morgan fingerprint density at radius 1 is 0.944 bits per heavy atom. The normalized spacial score (nSPS) is 20.9. The topological polar surface area (TPSA) is 74.8 Å². The van der Waals surface area contributed by atoms with Crippen molar-refractivity contribution in [1.29, 1.82) is 0 Å². The van der Waals surface area contributed by atoms with E-state index in [4.69, 9.17) is 0 Å². The lowest BCUT2D eigenvalue weighted by Crippen LogP contribution is -2.42. The zero-order valence-electron chi connectivity index (χ0n) is 20.1. The Labute approximate surface area is 210 Å². The van der Waals surface area contributed by atoms with Gasteiger partial charge in [0.25, 0.3) is 11.8 Å². The third-order valence-corrected chi connectivity index (χ3v) is 8.74. The third kappa shape index (κ3) is 4.19. The number of carbonyl (C=O) groups excluding carboxylic acids is 2. The highest BCUT2D eigenvalue weighted by atomic mass is 32.2. The number of rotatable bonds is 3. The monoisotopic (exact) mass is 506 g/mol. The van der Waals surface area contributed by atoms with Crippen molar-refractivity contribution in [2.45, 2.75) is 36.6 Å². The molecule has 6 nitrogen and oxygen atoms in total. The van der Waals surface area contributed by atoms with Crippen molar-refractivity contribution in [3.05, 3.63) is 89.2 Å². The second-order valence-corrected chi connectivity index (χ2v) is 11.7. The van der Waals surface area contributed by atoms with Crippen LogP contribution in [0.4, 0.5) is 10.1 Å². The summed E-state index contributed by atoms with van der Waals surface area (Å²) in [6.07, 6.45) is 1.04. The Balaban J connectivity index is 1.66. The van der Waals surface area contributed by atoms with Gasteiger partial charge in [-0.1, -0.05) is 44.2 Å². The van der Waals surface area contributed by atoms with Crippen molar-refractivity contribution in [2.24, 2.45) is 11.8 Å². The fourth-order valence-electron chi connectivity index (χ4n) is 5.30. The van der Waals surface area contributed by atoms with Gasteiger partial charge in [-0.25, -0.2) is 12.8 Å². The standard InChI is InChI=1S/C28H27FN2O4S/c1-18-13-19(2)16-30(15-18)27(32)20-11-12-26-24(14-20)31(17-21-7-3-5-9-23(21)29)28(33)22-8-4-6-10-25(22)36(26,34)35/h3-12,14,18-19H,13,15-17H2,1-2H3/t18-,19-/m1/s1. The molecule has 36 heavy (non-hydrogen) atoms. The molecule has 2 heterocycles. The molecule has 3 aromatic rings. The van der Waals surface area contributed by atoms with Crippen molar-refractivity contribution in [1.82, 2.24) is 4.90 Å². The lowest BCUT2D eigenvalue weighted by atomic mass is 9.91. The Kier molecular flexibility index (Phi) is 6.16. The second-order valence-electron chi connectivity index (χ2n) is 9.82. The minimum Gasteiger partial charge on any atom is -0.338 e. The van der Waals surface area contributed by atoms with E-state index in [0.717, 1.165) is 6.42 Å². The number of anilines is 1. The SMILES string of the molecule is C[C@@H]1C[C@@H](C)CN(C(=O)c2ccc3c(c2)N(Cc2ccccc2F)C(=O)c2ccccc2S3(=O)=O)C1. The molecule has 0 aliphatic carbocycles. The Bertz CT molecular complexity index is 1460. The summed E-state index contributed by atoms with van der Waals surface area (Å²) in [5.74, 6) is -0.578. The van der Waals surface area contributed by atoms with Gasteiger partial charge >= 0.3 is 0 Å². The van der Waals surface area contributed by atoms with Crippen LogP contribution in [0.15, 0.2) is 76.5 Å². The van der Waals surface area contributed by atoms with Crippen LogP contribution in [0.5, 0.6) is 0 Å². The van der Waals surface area contributed by atoms with Crippen LogP contribution in [0.25, 0.3) is 0 Å². The average Bonchev–Trinajstić information content (AvgIpc) is 2.92. The minimum absolute atomic E-state index is 0.0107. The van der Waals surface area contributed by atoms with Crippen molar-refractivity contribution >= 4 is 27.3 Å². The van der Waals surface area contributed by atoms with Crippen LogP contribution in [0, 0.1) is 17.7 Å². The third-order valence-electron chi connectivity index (χ3n) is 6.88. The molecule has 186 valence electrons. The van der Waals surface area contributed by atoms with Gasteiger partial charge in [-0.2, -0.15) is 0 Å². The summed E-state index contributed by atoms with van der Waals surface area (Å²) in [5.41, 5.74) is 0.617. The van der Waals surface area contributed by atoms with E-state index in [2.05, 4.69) is 13.8 Å². The van der Waals surface area contributed by atoms with Crippen LogP contribution in [0.2, 0.25) is 0 Å². The quantitative estimate of drug-likeness (QED) is 0.505. The van der Waals surface area contributed by atoms with E-state index in [9.17, 15) is 22.4 Å². The molecule has 2 amide bonds. The van der Waals surface area contributed by atoms with Crippen molar-refractivity contribution in [3.63, 3.8) is 0 Å². The second kappa shape index (κ2) is 9.17. The summed E-state index contributed by atoms with van der Waals surface area (Å²) >= 11 is 0. The average molecular weight is 507 g/mol. The maximum Gasteiger partial charge on any atom is 0.259 e. The van der Waals surface area contributed by atoms with Gasteiger partial charge in [0.15, 0.2) is 0 Å². The number of piperidine rings is 1. The lowest BCUT2D eigenvalue weighted by Gasteiger charge is -2.35. The molecule has 2 atom stereocenters. The Morgan fingerprint density at radius 2 is 1.61 bits per heavy atom. The largest absolute Gasteiger partial charge is 0.338 e. The lowest BCUT2D eigenvalue weighted by molar-refractivity contribution is 0.0623. The molecule has 1 fully saturated rings. The molecule has 0 radical (unpaired) electrons. The molecule has 2 aliphatic rings. The Morgan fingerprint density at radius 3 is 2.33 bits per heavy atom. The van der Waals surface area contributed by atoms with Gasteiger partial charge in [-0.05, 0) is 54.7 Å². The molecule has 0 unspecified atom stereocenters. The van der Waals surface area contributed by atoms with E-state index >= 15 is 0 Å². The number of halogens is 1. The predicted molar refractivity (Wildman–Crippen MR) is 134 cm³/mol. The van der Waals surface area contributed by atoms with Crippen LogP contribution < -0.4 is 4.90 Å². The predicted octanol–water partition coefficient (Wildman–Crippen LogP) is 4.94. The Hall–Kier alpha value is -3.52. The minimum atomic E-state index is -4.07. The van der Waals surface area contributed by atoms with Gasteiger partial charge in [0.2, 0.25) is 9.84 Å². The first-order chi connectivity index (χ1) is 17.2. The summed E-state index contributed by atoms with van der Waals surface area (Å²) in [4.78, 5) is 30.0. The van der Waals surface area contributed by atoms with Crippen LogP contribution >= 0.6 is 0 Å². The fraction of sp³-hybridized carbons (Fsp3) is 0.286. The summed E-state index contributed by atoms with van der Waals surface area (Å²) < 4.78 is 41.9. The number of hydrogen-bond donors (Lipinski definition) is 0. The number of amides is 2. The first-order valence-electron chi connectivity index (χ1n) is 12.0. The molecule has 0 aromatic heterocycles. The van der Waals surface area contributed by atoms with Gasteiger partial charge in [0.05, 0.1) is 27.6 Å². The molecule has 0 spiro atoms. The van der Waals surface area contributed by atoms with E-state index in [1.165, 1.54) is 41.3 Å². The molecule has 2 aliphatic heterocycles.